The van der Waals surface area contributed by atoms with E-state index in [2.05, 4.69) is 51.3 Å². The van der Waals surface area contributed by atoms with Crippen molar-refractivity contribution >= 4 is 32.9 Å². The minimum atomic E-state index is 1.14. The quantitative estimate of drug-likeness (QED) is 0.727. The summed E-state index contributed by atoms with van der Waals surface area (Å²) in [5.41, 5.74) is 3.98. The van der Waals surface area contributed by atoms with Crippen molar-refractivity contribution in [3.05, 3.63) is 40.0 Å². The summed E-state index contributed by atoms with van der Waals surface area (Å²) in [5, 5.41) is 1.32. The van der Waals surface area contributed by atoms with Gasteiger partial charge in [-0.3, -0.25) is 0 Å². The maximum Gasteiger partial charge on any atom is 0.0463 e. The molecule has 0 saturated heterocycles. The van der Waals surface area contributed by atoms with Crippen LogP contribution in [0.2, 0.25) is 0 Å². The molecule has 0 atom stereocenters. The van der Waals surface area contributed by atoms with Crippen LogP contribution in [0, 0.1) is 0 Å². The normalized spacial score (nSPS) is 14.6. The number of hydrogen-bond donors (Lipinski definition) is 1. The molecule has 0 spiro atoms. The van der Waals surface area contributed by atoms with E-state index in [4.69, 9.17) is 0 Å². The zero-order valence-corrected chi connectivity index (χ0v) is 9.26. The molecule has 1 nitrogen and oxygen atoms in total. The van der Waals surface area contributed by atoms with Crippen LogP contribution in [0.15, 0.2) is 28.7 Å². The Bertz CT molecular complexity index is 522. The number of hydrogen-bond acceptors (Lipinski definition) is 0. The van der Waals surface area contributed by atoms with Gasteiger partial charge in [-0.25, -0.2) is 0 Å². The Kier molecular flexibility index (Phi) is 1.77. The fourth-order valence-electron chi connectivity index (χ4n) is 2.06. The molecule has 2 aromatic rings. The molecule has 2 heteroatoms. The Balaban J connectivity index is 2.39. The van der Waals surface area contributed by atoms with Gasteiger partial charge in [0, 0.05) is 26.6 Å². The lowest BCUT2D eigenvalue weighted by molar-refractivity contribution is 0.951. The molecule has 1 aromatic heterocycles. The molecule has 0 aliphatic heterocycles. The maximum absolute atomic E-state index is 3.51. The average Bonchev–Trinajstić information content (AvgIpc) is 2.56. The summed E-state index contributed by atoms with van der Waals surface area (Å²) in [4.78, 5) is 3.47. The van der Waals surface area contributed by atoms with Gasteiger partial charge in [-0.2, -0.15) is 0 Å². The van der Waals surface area contributed by atoms with Gasteiger partial charge in [0.2, 0.25) is 0 Å². The lowest BCUT2D eigenvalue weighted by Crippen LogP contribution is -1.90. The summed E-state index contributed by atoms with van der Waals surface area (Å²) in [6.45, 7) is 0. The predicted octanol–water partition coefficient (Wildman–Crippen LogP) is 3.89. The fraction of sp³-hybridized carbons (Fsp3) is 0.167. The number of aromatic amines is 1. The second-order valence-electron chi connectivity index (χ2n) is 3.65. The molecule has 14 heavy (non-hydrogen) atoms. The molecule has 0 unspecified atom stereocenters. The van der Waals surface area contributed by atoms with Crippen LogP contribution in [0.25, 0.3) is 17.0 Å². The smallest absolute Gasteiger partial charge is 0.0463 e. The molecule has 1 aliphatic carbocycles. The fourth-order valence-corrected chi connectivity index (χ4v) is 2.42. The number of aryl methyl sites for hydroxylation is 1. The lowest BCUT2D eigenvalue weighted by Gasteiger charge is -2.03. The number of nitrogens with one attached hydrogen (secondary N) is 1. The third-order valence-electron chi connectivity index (χ3n) is 2.73. The first-order valence-electron chi connectivity index (χ1n) is 4.81. The van der Waals surface area contributed by atoms with Crippen molar-refractivity contribution < 1.29 is 0 Å². The average molecular weight is 248 g/mol. The van der Waals surface area contributed by atoms with Gasteiger partial charge in [-0.15, -0.1) is 0 Å². The highest BCUT2D eigenvalue weighted by molar-refractivity contribution is 9.10. The largest absolute Gasteiger partial charge is 0.358 e. The summed E-state index contributed by atoms with van der Waals surface area (Å²) in [6.07, 6.45) is 6.76. The van der Waals surface area contributed by atoms with E-state index in [9.17, 15) is 0 Å². The van der Waals surface area contributed by atoms with Crippen molar-refractivity contribution in [2.75, 3.05) is 0 Å². The Morgan fingerprint density at radius 1 is 1.29 bits per heavy atom. The molecule has 1 heterocycles. The molecule has 3 rings (SSSR count). The van der Waals surface area contributed by atoms with Crippen LogP contribution < -0.4 is 0 Å². The summed E-state index contributed by atoms with van der Waals surface area (Å²) >= 11 is 3.51. The number of aromatic nitrogens is 1. The molecule has 0 radical (unpaired) electrons. The topological polar surface area (TPSA) is 15.8 Å². The van der Waals surface area contributed by atoms with Gasteiger partial charge in [0.25, 0.3) is 0 Å². The number of rotatable bonds is 0. The van der Waals surface area contributed by atoms with Gasteiger partial charge in [0.15, 0.2) is 0 Å². The van der Waals surface area contributed by atoms with Crippen LogP contribution in [0.3, 0.4) is 0 Å². The molecule has 0 saturated carbocycles. The monoisotopic (exact) mass is 247 g/mol. The maximum atomic E-state index is 3.51. The SMILES string of the molecule is Brc1ccc2[nH]c3c(c2c1)C=CCC3. The third kappa shape index (κ3) is 1.14. The molecule has 0 bridgehead atoms. The zero-order chi connectivity index (χ0) is 9.54. The minimum Gasteiger partial charge on any atom is -0.358 e. The van der Waals surface area contributed by atoms with Crippen molar-refractivity contribution in [1.29, 1.82) is 0 Å². The van der Waals surface area contributed by atoms with Crippen LogP contribution in [0.1, 0.15) is 17.7 Å². The van der Waals surface area contributed by atoms with Crippen LogP contribution >= 0.6 is 15.9 Å². The van der Waals surface area contributed by atoms with Gasteiger partial charge in [-0.1, -0.05) is 28.1 Å². The van der Waals surface area contributed by atoms with E-state index in [1.54, 1.807) is 0 Å². The Morgan fingerprint density at radius 3 is 3.14 bits per heavy atom. The number of H-pyrrole nitrogens is 1. The molecular formula is C12H10BrN. The highest BCUT2D eigenvalue weighted by atomic mass is 79.9. The summed E-state index contributed by atoms with van der Waals surface area (Å²) < 4.78 is 1.14. The molecule has 1 aliphatic rings. The molecule has 0 fully saturated rings. The molecule has 1 aromatic carbocycles. The van der Waals surface area contributed by atoms with Gasteiger partial charge in [0.1, 0.15) is 0 Å². The van der Waals surface area contributed by atoms with Crippen LogP contribution in [0.5, 0.6) is 0 Å². The van der Waals surface area contributed by atoms with Crippen LogP contribution in [-0.4, -0.2) is 4.98 Å². The van der Waals surface area contributed by atoms with E-state index in [1.165, 1.54) is 22.2 Å². The van der Waals surface area contributed by atoms with Crippen LogP contribution in [0.4, 0.5) is 0 Å². The predicted molar refractivity (Wildman–Crippen MR) is 63.4 cm³/mol. The molecule has 1 N–H and O–H groups in total. The van der Waals surface area contributed by atoms with Crippen LogP contribution in [-0.2, 0) is 6.42 Å². The van der Waals surface area contributed by atoms with Crippen molar-refractivity contribution in [1.82, 2.24) is 4.98 Å². The highest BCUT2D eigenvalue weighted by Crippen LogP contribution is 2.29. The molecule has 0 amide bonds. The molecule has 70 valence electrons. The van der Waals surface area contributed by atoms with E-state index in [-0.39, 0.29) is 0 Å². The van der Waals surface area contributed by atoms with Gasteiger partial charge < -0.3 is 4.98 Å². The Labute approximate surface area is 91.0 Å². The third-order valence-corrected chi connectivity index (χ3v) is 3.22. The number of fused-ring (bicyclic) bond motifs is 3. The summed E-state index contributed by atoms with van der Waals surface area (Å²) in [5.74, 6) is 0. The highest BCUT2D eigenvalue weighted by Gasteiger charge is 2.11. The van der Waals surface area contributed by atoms with E-state index in [1.807, 2.05) is 0 Å². The zero-order valence-electron chi connectivity index (χ0n) is 7.68. The van der Waals surface area contributed by atoms with Crippen molar-refractivity contribution in [2.24, 2.45) is 0 Å². The van der Waals surface area contributed by atoms with E-state index < -0.39 is 0 Å². The first-order valence-corrected chi connectivity index (χ1v) is 5.60. The van der Waals surface area contributed by atoms with Gasteiger partial charge >= 0.3 is 0 Å². The second kappa shape index (κ2) is 2.99. The van der Waals surface area contributed by atoms with Crippen molar-refractivity contribution in [3.63, 3.8) is 0 Å². The Hall–Kier alpha value is -1.02. The number of allylic oxidation sites excluding steroid dienone is 1. The number of benzene rings is 1. The standard InChI is InChI=1S/C12H10BrN/c13-8-5-6-12-10(7-8)9-3-1-2-4-11(9)14-12/h1,3,5-7,14H,2,4H2. The first-order chi connectivity index (χ1) is 6.84. The molecular weight excluding hydrogens is 238 g/mol. The van der Waals surface area contributed by atoms with E-state index >= 15 is 0 Å². The van der Waals surface area contributed by atoms with Gasteiger partial charge in [0.05, 0.1) is 0 Å². The number of halogens is 1. The second-order valence-corrected chi connectivity index (χ2v) is 4.56. The van der Waals surface area contributed by atoms with Crippen molar-refractivity contribution in [3.8, 4) is 0 Å². The minimum absolute atomic E-state index is 1.14. The van der Waals surface area contributed by atoms with Crippen molar-refractivity contribution in [2.45, 2.75) is 12.8 Å². The van der Waals surface area contributed by atoms with E-state index in [0.29, 0.717) is 0 Å². The lowest BCUT2D eigenvalue weighted by atomic mass is 10.0. The summed E-state index contributed by atoms with van der Waals surface area (Å²) in [7, 11) is 0. The Morgan fingerprint density at radius 2 is 2.21 bits per heavy atom. The van der Waals surface area contributed by atoms with Gasteiger partial charge in [-0.05, 0) is 31.0 Å². The summed E-state index contributed by atoms with van der Waals surface area (Å²) in [6, 6.07) is 6.39. The first kappa shape index (κ1) is 8.30. The van der Waals surface area contributed by atoms with E-state index in [0.717, 1.165) is 17.3 Å².